The molecule has 0 atom stereocenters. The number of aromatic amines is 2. The molecule has 5 rings (SSSR count). The highest BCUT2D eigenvalue weighted by molar-refractivity contribution is 6.31. The van der Waals surface area contributed by atoms with Crippen LogP contribution in [0.25, 0.3) is 21.8 Å². The van der Waals surface area contributed by atoms with Crippen molar-refractivity contribution in [2.45, 2.75) is 6.42 Å². The molecule has 0 bridgehead atoms. The van der Waals surface area contributed by atoms with Crippen molar-refractivity contribution in [2.75, 3.05) is 37.6 Å². The monoisotopic (exact) mass is 378 g/mol. The normalized spacial score (nSPS) is 15.8. The van der Waals surface area contributed by atoms with E-state index in [0.717, 1.165) is 49.7 Å². The summed E-state index contributed by atoms with van der Waals surface area (Å²) in [5.74, 6) is 0. The summed E-state index contributed by atoms with van der Waals surface area (Å²) < 4.78 is 0. The third kappa shape index (κ3) is 3.20. The minimum Gasteiger partial charge on any atom is -0.367 e. The predicted octanol–water partition coefficient (Wildman–Crippen LogP) is 4.67. The van der Waals surface area contributed by atoms with Gasteiger partial charge in [0.25, 0.3) is 0 Å². The molecule has 0 aliphatic carbocycles. The summed E-state index contributed by atoms with van der Waals surface area (Å²) >= 11 is 6.08. The zero-order valence-corrected chi connectivity index (χ0v) is 16.0. The van der Waals surface area contributed by atoms with E-state index in [-0.39, 0.29) is 0 Å². The Morgan fingerprint density at radius 3 is 2.74 bits per heavy atom. The number of halogens is 1. The Labute approximate surface area is 163 Å². The third-order valence-corrected chi connectivity index (χ3v) is 5.94. The van der Waals surface area contributed by atoms with Gasteiger partial charge in [-0.3, -0.25) is 4.90 Å². The molecule has 3 heterocycles. The Morgan fingerprint density at radius 1 is 0.963 bits per heavy atom. The van der Waals surface area contributed by atoms with E-state index < -0.39 is 0 Å². The number of hydrogen-bond acceptors (Lipinski definition) is 2. The van der Waals surface area contributed by atoms with Crippen LogP contribution in [-0.4, -0.2) is 47.6 Å². The summed E-state index contributed by atoms with van der Waals surface area (Å²) in [4.78, 5) is 11.8. The average Bonchev–Trinajstić information content (AvgIpc) is 3.33. The second-order valence-corrected chi connectivity index (χ2v) is 7.74. The van der Waals surface area contributed by atoms with E-state index in [1.165, 1.54) is 27.5 Å². The summed E-state index contributed by atoms with van der Waals surface area (Å²) in [5.41, 5.74) is 5.08. The molecular formula is C22H23ClN4. The number of nitrogens with one attached hydrogen (secondary N) is 2. The van der Waals surface area contributed by atoms with Gasteiger partial charge in [-0.25, -0.2) is 0 Å². The minimum absolute atomic E-state index is 0.782. The second-order valence-electron chi connectivity index (χ2n) is 7.30. The van der Waals surface area contributed by atoms with Gasteiger partial charge in [-0.1, -0.05) is 29.8 Å². The molecule has 2 aromatic heterocycles. The third-order valence-electron chi connectivity index (χ3n) is 5.71. The Bertz CT molecular complexity index is 1070. The molecule has 0 unspecified atom stereocenters. The first-order valence-electron chi connectivity index (χ1n) is 9.57. The first-order valence-corrected chi connectivity index (χ1v) is 9.95. The Kier molecular flexibility index (Phi) is 4.30. The van der Waals surface area contributed by atoms with Crippen LogP contribution < -0.4 is 4.90 Å². The Hall–Kier alpha value is -2.43. The summed E-state index contributed by atoms with van der Waals surface area (Å²) in [6.45, 7) is 5.44. The summed E-state index contributed by atoms with van der Waals surface area (Å²) in [5, 5.41) is 3.36. The fourth-order valence-electron chi connectivity index (χ4n) is 4.19. The summed E-state index contributed by atoms with van der Waals surface area (Å²) in [6.07, 6.45) is 5.22. The second kappa shape index (κ2) is 6.95. The van der Waals surface area contributed by atoms with Crippen LogP contribution in [0.4, 0.5) is 5.69 Å². The smallest absolute Gasteiger partial charge is 0.0691 e. The fraction of sp³-hybridized carbons (Fsp3) is 0.273. The van der Waals surface area contributed by atoms with Gasteiger partial charge in [-0.05, 0) is 36.2 Å². The van der Waals surface area contributed by atoms with Crippen molar-refractivity contribution in [3.8, 4) is 0 Å². The van der Waals surface area contributed by atoms with Crippen LogP contribution in [0.5, 0.6) is 0 Å². The molecule has 0 radical (unpaired) electrons. The maximum absolute atomic E-state index is 6.08. The number of fused-ring (bicyclic) bond motifs is 2. The molecular weight excluding hydrogens is 356 g/mol. The largest absolute Gasteiger partial charge is 0.367 e. The number of anilines is 1. The number of hydrogen-bond donors (Lipinski definition) is 2. The molecule has 2 aromatic carbocycles. The number of aromatic nitrogens is 2. The van der Waals surface area contributed by atoms with Crippen LogP contribution in [0.3, 0.4) is 0 Å². The summed E-state index contributed by atoms with van der Waals surface area (Å²) in [6, 6.07) is 14.8. The van der Waals surface area contributed by atoms with Crippen molar-refractivity contribution < 1.29 is 0 Å². The fourth-order valence-corrected chi connectivity index (χ4v) is 4.36. The van der Waals surface area contributed by atoms with Crippen LogP contribution >= 0.6 is 11.6 Å². The quantitative estimate of drug-likeness (QED) is 0.541. The molecule has 5 heteroatoms. The van der Waals surface area contributed by atoms with Crippen LogP contribution in [-0.2, 0) is 6.42 Å². The van der Waals surface area contributed by atoms with Gasteiger partial charge in [-0.2, -0.15) is 0 Å². The lowest BCUT2D eigenvalue weighted by atomic mass is 10.1. The average molecular weight is 379 g/mol. The van der Waals surface area contributed by atoms with Crippen LogP contribution in [0.1, 0.15) is 5.56 Å². The van der Waals surface area contributed by atoms with Gasteiger partial charge in [0.15, 0.2) is 0 Å². The molecule has 27 heavy (non-hydrogen) atoms. The predicted molar refractivity (Wildman–Crippen MR) is 114 cm³/mol. The molecule has 138 valence electrons. The molecule has 0 saturated carbocycles. The highest BCUT2D eigenvalue weighted by Gasteiger charge is 2.19. The van der Waals surface area contributed by atoms with E-state index in [4.69, 9.17) is 11.6 Å². The highest BCUT2D eigenvalue weighted by Crippen LogP contribution is 2.27. The van der Waals surface area contributed by atoms with Gasteiger partial charge >= 0.3 is 0 Å². The standard InChI is InChI=1S/C22H23ClN4/c23-18-4-5-19-17(15-25-20(19)14-18)7-9-26-10-12-27(13-11-26)21-3-1-2-16-6-8-24-22(16)21/h1-6,8,14-15,24-25H,7,9-13H2. The Balaban J connectivity index is 1.22. The molecule has 0 spiro atoms. The minimum atomic E-state index is 0.782. The van der Waals surface area contributed by atoms with E-state index in [1.54, 1.807) is 0 Å². The molecule has 1 aliphatic heterocycles. The first-order chi connectivity index (χ1) is 13.3. The van der Waals surface area contributed by atoms with Crippen molar-refractivity contribution in [2.24, 2.45) is 0 Å². The lowest BCUT2D eigenvalue weighted by Crippen LogP contribution is -2.47. The van der Waals surface area contributed by atoms with Gasteiger partial charge in [0, 0.05) is 66.4 Å². The lowest BCUT2D eigenvalue weighted by Gasteiger charge is -2.36. The Morgan fingerprint density at radius 2 is 1.85 bits per heavy atom. The van der Waals surface area contributed by atoms with E-state index in [1.807, 2.05) is 18.3 Å². The van der Waals surface area contributed by atoms with Gasteiger partial charge in [0.2, 0.25) is 0 Å². The number of nitrogens with zero attached hydrogens (tertiary/aromatic N) is 2. The molecule has 1 aliphatic rings. The molecule has 2 N–H and O–H groups in total. The zero-order valence-electron chi connectivity index (χ0n) is 15.2. The van der Waals surface area contributed by atoms with E-state index in [2.05, 4.69) is 56.3 Å². The number of para-hydroxylation sites is 1. The molecule has 1 saturated heterocycles. The number of benzene rings is 2. The maximum Gasteiger partial charge on any atom is 0.0691 e. The lowest BCUT2D eigenvalue weighted by molar-refractivity contribution is 0.261. The van der Waals surface area contributed by atoms with E-state index in [9.17, 15) is 0 Å². The van der Waals surface area contributed by atoms with Gasteiger partial charge in [0.1, 0.15) is 0 Å². The van der Waals surface area contributed by atoms with Gasteiger partial charge in [-0.15, -0.1) is 0 Å². The van der Waals surface area contributed by atoms with Gasteiger partial charge in [0.05, 0.1) is 11.2 Å². The van der Waals surface area contributed by atoms with Gasteiger partial charge < -0.3 is 14.9 Å². The van der Waals surface area contributed by atoms with Crippen LogP contribution in [0.15, 0.2) is 54.9 Å². The molecule has 4 aromatic rings. The molecule has 4 nitrogen and oxygen atoms in total. The molecule has 1 fully saturated rings. The summed E-state index contributed by atoms with van der Waals surface area (Å²) in [7, 11) is 0. The van der Waals surface area contributed by atoms with Crippen molar-refractivity contribution in [1.29, 1.82) is 0 Å². The van der Waals surface area contributed by atoms with E-state index in [0.29, 0.717) is 0 Å². The van der Waals surface area contributed by atoms with Crippen molar-refractivity contribution in [3.05, 3.63) is 65.4 Å². The number of rotatable bonds is 4. The maximum atomic E-state index is 6.08. The van der Waals surface area contributed by atoms with Crippen molar-refractivity contribution >= 4 is 39.1 Å². The highest BCUT2D eigenvalue weighted by atomic mass is 35.5. The van der Waals surface area contributed by atoms with Crippen molar-refractivity contribution in [1.82, 2.24) is 14.9 Å². The van der Waals surface area contributed by atoms with Crippen LogP contribution in [0, 0.1) is 0 Å². The molecule has 0 amide bonds. The van der Waals surface area contributed by atoms with E-state index >= 15 is 0 Å². The first kappa shape index (κ1) is 16.7. The van der Waals surface area contributed by atoms with Crippen molar-refractivity contribution in [3.63, 3.8) is 0 Å². The SMILES string of the molecule is Clc1ccc2c(CCN3CCN(c4cccc5cc[nH]c45)CC3)c[nH]c2c1. The number of piperazine rings is 1. The number of H-pyrrole nitrogens is 2. The van der Waals surface area contributed by atoms with Crippen LogP contribution in [0.2, 0.25) is 5.02 Å². The zero-order chi connectivity index (χ0) is 18.2. The topological polar surface area (TPSA) is 38.1 Å².